The molecule has 4 aliphatic heterocycles. The van der Waals surface area contributed by atoms with E-state index in [-0.39, 0.29) is 96.5 Å². The first-order valence-electron chi connectivity index (χ1n) is 23.6. The third kappa shape index (κ3) is 10.8. The molecular formula is C47H77N3O11. The normalized spacial score (nSPS) is 43.1. The van der Waals surface area contributed by atoms with Crippen molar-refractivity contribution in [3.8, 4) is 0 Å². The van der Waals surface area contributed by atoms with Crippen LogP contribution in [0.15, 0.2) is 23.8 Å². The minimum Gasteiger partial charge on any atom is -0.462 e. The lowest BCUT2D eigenvalue weighted by atomic mass is 9.70. The summed E-state index contributed by atoms with van der Waals surface area (Å²) >= 11 is 0. The Morgan fingerprint density at radius 2 is 1.66 bits per heavy atom. The number of allylic oxidation sites excluding steroid dienone is 4. The number of likely N-dealkylation sites (N-methyl/N-ethyl adjacent to an activating group) is 1. The van der Waals surface area contributed by atoms with Gasteiger partial charge in [0.05, 0.1) is 36.9 Å². The van der Waals surface area contributed by atoms with Crippen LogP contribution in [0.1, 0.15) is 85.5 Å². The molecule has 61 heavy (non-hydrogen) atoms. The molecule has 2 N–H and O–H groups in total. The van der Waals surface area contributed by atoms with E-state index < -0.39 is 30.7 Å². The van der Waals surface area contributed by atoms with E-state index in [4.69, 9.17) is 37.9 Å². The first kappa shape index (κ1) is 47.2. The van der Waals surface area contributed by atoms with E-state index in [0.717, 1.165) is 70.3 Å². The largest absolute Gasteiger partial charge is 0.462 e. The van der Waals surface area contributed by atoms with Gasteiger partial charge in [-0.25, -0.2) is 0 Å². The highest BCUT2D eigenvalue weighted by Gasteiger charge is 2.53. The van der Waals surface area contributed by atoms with Crippen molar-refractivity contribution < 1.29 is 52.6 Å². The SMILES string of the molecule is CC[C@H]1CCC[C@H](O[C@H]2CC[C@H](N(C)CC(O)CN3CCNCC3)[C@@H](C)O2)[C@@H](C)C(=O)C2=C[C@@H]3[C@@H](C=C[C@@H]4C[C@@H](O[C@@H]5O[C@@H](C)[C@H](OC)[C@@H](OC)[C@H]5OC)C[C@@H]34)[C@@H]2CC(=O)O1. The molecule has 5 fully saturated rings. The van der Waals surface area contributed by atoms with Crippen molar-refractivity contribution in [3.63, 3.8) is 0 Å². The van der Waals surface area contributed by atoms with Gasteiger partial charge in [0.15, 0.2) is 18.4 Å². The standard InChI is InChI=1S/C47H77N3O11/c1-9-32-11-10-12-40(61-42-16-15-39(28(3)57-42)49(5)25-31(51)26-50-19-17-48-18-20-50)27(2)43(53)38-23-36-34(37(38)24-41(52)59-32)14-13-30-21-33(22-35(30)36)60-47-46(56-8)45(55-7)44(54-6)29(4)58-47/h13-14,23,27-37,39-40,42,44-48,51H,9-12,15-22,24-26H2,1-8H3/t27-,28-,29+,30-,31?,32+,33-,34-,35-,36-,37+,39+,40+,42+,44+,45-,46-,47+/m1/s1. The fourth-order valence-corrected chi connectivity index (χ4v) is 12.0. The number of piperazine rings is 1. The van der Waals surface area contributed by atoms with Gasteiger partial charge in [-0.1, -0.05) is 32.1 Å². The molecule has 3 aliphatic carbocycles. The van der Waals surface area contributed by atoms with Gasteiger partial charge >= 0.3 is 5.97 Å². The van der Waals surface area contributed by atoms with Crippen LogP contribution in [0.25, 0.3) is 0 Å². The van der Waals surface area contributed by atoms with Crippen LogP contribution < -0.4 is 5.32 Å². The number of hydrogen-bond acceptors (Lipinski definition) is 14. The molecule has 4 saturated heterocycles. The smallest absolute Gasteiger partial charge is 0.306 e. The van der Waals surface area contributed by atoms with Gasteiger partial charge < -0.3 is 48.3 Å². The molecule has 0 aromatic heterocycles. The third-order valence-electron chi connectivity index (χ3n) is 15.3. The number of Topliss-reactive ketones (excluding diaryl/α,β-unsaturated/α-hetero) is 1. The molecule has 14 heteroatoms. The molecule has 14 nitrogen and oxygen atoms in total. The second kappa shape index (κ2) is 21.4. The third-order valence-corrected chi connectivity index (χ3v) is 15.3. The fraction of sp³-hybridized carbons (Fsp3) is 0.872. The maximum atomic E-state index is 14.9. The van der Waals surface area contributed by atoms with Crippen LogP contribution in [-0.4, -0.2) is 168 Å². The fourth-order valence-electron chi connectivity index (χ4n) is 12.0. The maximum absolute atomic E-state index is 14.9. The van der Waals surface area contributed by atoms with Crippen LogP contribution in [-0.2, 0) is 47.5 Å². The number of rotatable bonds is 13. The molecule has 0 aromatic carbocycles. The zero-order valence-electron chi connectivity index (χ0n) is 38.2. The second-order valence-electron chi connectivity index (χ2n) is 19.2. The first-order valence-corrected chi connectivity index (χ1v) is 23.6. The highest BCUT2D eigenvalue weighted by Crippen LogP contribution is 2.54. The number of fused-ring (bicyclic) bond motifs is 5. The van der Waals surface area contributed by atoms with Gasteiger partial charge in [-0.3, -0.25) is 19.4 Å². The van der Waals surface area contributed by atoms with E-state index in [0.29, 0.717) is 25.9 Å². The lowest BCUT2D eigenvalue weighted by Gasteiger charge is -2.44. The van der Waals surface area contributed by atoms with E-state index in [9.17, 15) is 14.7 Å². The van der Waals surface area contributed by atoms with Gasteiger partial charge in [-0.15, -0.1) is 0 Å². The quantitative estimate of drug-likeness (QED) is 0.202. The average molecular weight is 860 g/mol. The van der Waals surface area contributed by atoms with Crippen LogP contribution in [0.3, 0.4) is 0 Å². The first-order chi connectivity index (χ1) is 29.4. The van der Waals surface area contributed by atoms with Crippen molar-refractivity contribution in [1.29, 1.82) is 0 Å². The van der Waals surface area contributed by atoms with Crippen molar-refractivity contribution in [2.45, 2.75) is 159 Å². The predicted octanol–water partition coefficient (Wildman–Crippen LogP) is 4.12. The summed E-state index contributed by atoms with van der Waals surface area (Å²) in [6.45, 7) is 13.2. The molecular weight excluding hydrogens is 783 g/mol. The topological polar surface area (TPSA) is 147 Å². The summed E-state index contributed by atoms with van der Waals surface area (Å²) in [5, 5.41) is 14.3. The van der Waals surface area contributed by atoms with Gasteiger partial charge in [0.25, 0.3) is 0 Å². The van der Waals surface area contributed by atoms with Crippen LogP contribution in [0.2, 0.25) is 0 Å². The van der Waals surface area contributed by atoms with Gasteiger partial charge in [0.1, 0.15) is 24.4 Å². The number of aliphatic hydroxyl groups is 1. The summed E-state index contributed by atoms with van der Waals surface area (Å²) in [5.74, 6) is -0.192. The molecule has 0 bridgehead atoms. The number of ether oxygens (including phenoxy) is 8. The zero-order chi connectivity index (χ0) is 43.4. The van der Waals surface area contributed by atoms with Gasteiger partial charge in [-0.05, 0) is 102 Å². The van der Waals surface area contributed by atoms with Crippen LogP contribution in [0.5, 0.6) is 0 Å². The Hall–Kier alpha value is -1.82. The summed E-state index contributed by atoms with van der Waals surface area (Å²) in [6, 6.07) is 0.156. The van der Waals surface area contributed by atoms with Crippen LogP contribution in [0, 0.1) is 35.5 Å². The number of nitrogens with one attached hydrogen (secondary N) is 1. The molecule has 346 valence electrons. The van der Waals surface area contributed by atoms with Crippen LogP contribution >= 0.6 is 0 Å². The molecule has 0 radical (unpaired) electrons. The van der Waals surface area contributed by atoms with Crippen molar-refractivity contribution in [2.75, 3.05) is 67.6 Å². The molecule has 4 heterocycles. The molecule has 0 spiro atoms. The molecule has 1 saturated carbocycles. The van der Waals surface area contributed by atoms with Crippen molar-refractivity contribution >= 4 is 11.8 Å². The van der Waals surface area contributed by atoms with E-state index >= 15 is 0 Å². The zero-order valence-corrected chi connectivity index (χ0v) is 38.2. The van der Waals surface area contributed by atoms with Crippen LogP contribution in [0.4, 0.5) is 0 Å². The summed E-state index contributed by atoms with van der Waals surface area (Å²) in [4.78, 5) is 33.1. The highest BCUT2D eigenvalue weighted by molar-refractivity contribution is 5.99. The lowest BCUT2D eigenvalue weighted by Crippen LogP contribution is -2.59. The number of nitrogens with zero attached hydrogens (tertiary/aromatic N) is 2. The van der Waals surface area contributed by atoms with Gasteiger partial charge in [0, 0.05) is 78.5 Å². The Balaban J connectivity index is 1.02. The molecule has 0 amide bonds. The summed E-state index contributed by atoms with van der Waals surface area (Å²) in [5.41, 5.74) is 0.743. The number of carbonyl (C=O) groups excluding carboxylic acids is 2. The maximum Gasteiger partial charge on any atom is 0.306 e. The lowest BCUT2D eigenvalue weighted by molar-refractivity contribution is -0.314. The van der Waals surface area contributed by atoms with E-state index in [1.165, 1.54) is 0 Å². The summed E-state index contributed by atoms with van der Waals surface area (Å²) < 4.78 is 50.0. The molecule has 18 atom stereocenters. The van der Waals surface area contributed by atoms with Crippen molar-refractivity contribution in [1.82, 2.24) is 15.1 Å². The number of methoxy groups -OCH3 is 3. The minimum absolute atomic E-state index is 0.0194. The second-order valence-corrected chi connectivity index (χ2v) is 19.2. The van der Waals surface area contributed by atoms with E-state index in [1.807, 2.05) is 13.8 Å². The molecule has 0 aromatic rings. The van der Waals surface area contributed by atoms with Gasteiger partial charge in [0.2, 0.25) is 0 Å². The molecule has 1 unspecified atom stereocenters. The predicted molar refractivity (Wildman–Crippen MR) is 228 cm³/mol. The van der Waals surface area contributed by atoms with E-state index in [2.05, 4.69) is 54.2 Å². The number of aliphatic hydroxyl groups excluding tert-OH is 1. The average Bonchev–Trinajstić information content (AvgIpc) is 3.82. The Morgan fingerprint density at radius 3 is 2.36 bits per heavy atom. The van der Waals surface area contributed by atoms with Gasteiger partial charge in [-0.2, -0.15) is 0 Å². The Kier molecular flexibility index (Phi) is 16.6. The number of carbonyl (C=O) groups is 2. The molecule has 7 aliphatic rings. The number of β-amino-alcohol motifs (C(OH)–C–C–N with tert-alkyl or cyclic N) is 1. The summed E-state index contributed by atoms with van der Waals surface area (Å²) in [6.07, 6.45) is 9.62. The Labute approximate surface area is 364 Å². The summed E-state index contributed by atoms with van der Waals surface area (Å²) in [7, 11) is 7.04. The number of hydrogen-bond donors (Lipinski definition) is 2. The van der Waals surface area contributed by atoms with Crippen molar-refractivity contribution in [3.05, 3.63) is 23.8 Å². The number of ketones is 1. The Bertz CT molecular complexity index is 1510. The highest BCUT2D eigenvalue weighted by atomic mass is 16.7. The minimum atomic E-state index is -0.609. The Morgan fingerprint density at radius 1 is 0.902 bits per heavy atom. The molecule has 7 rings (SSSR count). The monoisotopic (exact) mass is 860 g/mol. The van der Waals surface area contributed by atoms with Crippen molar-refractivity contribution in [2.24, 2.45) is 35.5 Å². The van der Waals surface area contributed by atoms with E-state index in [1.54, 1.807) is 21.3 Å². The number of cyclic esters (lactones) is 1. The number of esters is 1.